The van der Waals surface area contributed by atoms with E-state index in [2.05, 4.69) is 20.9 Å². The van der Waals surface area contributed by atoms with Crippen LogP contribution in [0.4, 0.5) is 0 Å². The van der Waals surface area contributed by atoms with E-state index in [1.54, 1.807) is 18.3 Å². The lowest BCUT2D eigenvalue weighted by Crippen LogP contribution is -2.57. The smallest absolute Gasteiger partial charge is 0.326 e. The van der Waals surface area contributed by atoms with Crippen molar-refractivity contribution >= 4 is 34.6 Å². The molecular weight excluding hydrogens is 514 g/mol. The molecule has 0 aliphatic rings. The van der Waals surface area contributed by atoms with Gasteiger partial charge in [-0.3, -0.25) is 14.4 Å². The minimum Gasteiger partial charge on any atom is -0.508 e. The van der Waals surface area contributed by atoms with Gasteiger partial charge >= 0.3 is 5.97 Å². The van der Waals surface area contributed by atoms with Crippen LogP contribution in [0.25, 0.3) is 10.9 Å². The van der Waals surface area contributed by atoms with Crippen molar-refractivity contribution in [2.24, 2.45) is 11.7 Å². The van der Waals surface area contributed by atoms with Crippen LogP contribution in [0, 0.1) is 5.92 Å². The molecule has 40 heavy (non-hydrogen) atoms. The highest BCUT2D eigenvalue weighted by Crippen LogP contribution is 2.19. The van der Waals surface area contributed by atoms with Crippen molar-refractivity contribution in [2.45, 2.75) is 64.2 Å². The van der Waals surface area contributed by atoms with Gasteiger partial charge in [0.25, 0.3) is 0 Å². The molecule has 0 spiro atoms. The van der Waals surface area contributed by atoms with E-state index in [4.69, 9.17) is 5.73 Å². The number of rotatable bonds is 13. The van der Waals surface area contributed by atoms with Gasteiger partial charge < -0.3 is 36.9 Å². The summed E-state index contributed by atoms with van der Waals surface area (Å²) < 4.78 is 0. The molecule has 11 nitrogen and oxygen atoms in total. The second-order valence-corrected chi connectivity index (χ2v) is 10.4. The number of phenols is 1. The number of carboxylic acid groups (broad SMARTS) is 1. The number of hydrogen-bond acceptors (Lipinski definition) is 6. The summed E-state index contributed by atoms with van der Waals surface area (Å²) >= 11 is 0. The molecule has 3 rings (SSSR count). The predicted octanol–water partition coefficient (Wildman–Crippen LogP) is 1.59. The van der Waals surface area contributed by atoms with Crippen LogP contribution in [-0.4, -0.2) is 63.1 Å². The van der Waals surface area contributed by atoms with Gasteiger partial charge in [-0.2, -0.15) is 0 Å². The Morgan fingerprint density at radius 3 is 2.15 bits per heavy atom. The Hall–Kier alpha value is -4.38. The van der Waals surface area contributed by atoms with E-state index in [1.807, 2.05) is 38.1 Å². The van der Waals surface area contributed by atoms with Crippen molar-refractivity contribution in [3.8, 4) is 5.75 Å². The topological polar surface area (TPSA) is 187 Å². The highest BCUT2D eigenvalue weighted by molar-refractivity contribution is 5.94. The van der Waals surface area contributed by atoms with Gasteiger partial charge in [-0.25, -0.2) is 4.79 Å². The molecule has 0 aliphatic heterocycles. The van der Waals surface area contributed by atoms with Crippen molar-refractivity contribution in [1.82, 2.24) is 20.9 Å². The number of benzene rings is 2. The van der Waals surface area contributed by atoms with Crippen LogP contribution in [0.3, 0.4) is 0 Å². The number of carbonyl (C=O) groups is 4. The average Bonchev–Trinajstić information content (AvgIpc) is 3.31. The molecule has 1 heterocycles. The summed E-state index contributed by atoms with van der Waals surface area (Å²) in [4.78, 5) is 54.1. The number of nitrogens with two attached hydrogens (primary N) is 1. The molecule has 3 aromatic rings. The summed E-state index contributed by atoms with van der Waals surface area (Å²) in [5, 5.41) is 27.9. The van der Waals surface area contributed by atoms with E-state index in [-0.39, 0.29) is 24.5 Å². The second kappa shape index (κ2) is 13.6. The number of hydrogen-bond donors (Lipinski definition) is 7. The Morgan fingerprint density at radius 2 is 1.50 bits per heavy atom. The molecule has 0 saturated carbocycles. The number of H-pyrrole nitrogens is 1. The number of aromatic hydroxyl groups is 1. The molecule has 0 saturated heterocycles. The van der Waals surface area contributed by atoms with Gasteiger partial charge in [0.1, 0.15) is 23.9 Å². The summed E-state index contributed by atoms with van der Waals surface area (Å²) in [6.45, 7) is 5.35. The molecule has 3 amide bonds. The third kappa shape index (κ3) is 8.31. The van der Waals surface area contributed by atoms with Gasteiger partial charge in [-0.05, 0) is 48.6 Å². The number of fused-ring (bicyclic) bond motifs is 1. The van der Waals surface area contributed by atoms with Gasteiger partial charge in [-0.1, -0.05) is 44.2 Å². The van der Waals surface area contributed by atoms with Crippen molar-refractivity contribution < 1.29 is 29.4 Å². The van der Waals surface area contributed by atoms with E-state index < -0.39 is 47.9 Å². The molecule has 2 aromatic carbocycles. The highest BCUT2D eigenvalue weighted by Gasteiger charge is 2.30. The molecule has 4 unspecified atom stereocenters. The zero-order chi connectivity index (χ0) is 29.4. The summed E-state index contributed by atoms with van der Waals surface area (Å²) in [7, 11) is 0. The van der Waals surface area contributed by atoms with Gasteiger partial charge in [0, 0.05) is 29.9 Å². The van der Waals surface area contributed by atoms with Crippen LogP contribution in [0.1, 0.15) is 38.3 Å². The zero-order valence-electron chi connectivity index (χ0n) is 22.8. The van der Waals surface area contributed by atoms with E-state index in [0.717, 1.165) is 16.5 Å². The minimum absolute atomic E-state index is 0.0324. The molecular formula is C29H37N5O6. The van der Waals surface area contributed by atoms with Gasteiger partial charge in [0.05, 0.1) is 6.04 Å². The van der Waals surface area contributed by atoms with Gasteiger partial charge in [0.15, 0.2) is 0 Å². The van der Waals surface area contributed by atoms with Crippen LogP contribution in [0.5, 0.6) is 5.75 Å². The third-order valence-electron chi connectivity index (χ3n) is 6.54. The van der Waals surface area contributed by atoms with Crippen LogP contribution in [0.2, 0.25) is 0 Å². The van der Waals surface area contributed by atoms with E-state index in [1.165, 1.54) is 19.1 Å². The number of phenolic OH excluding ortho intramolecular Hbond substituents is 1. The largest absolute Gasteiger partial charge is 0.508 e. The first-order valence-electron chi connectivity index (χ1n) is 13.2. The van der Waals surface area contributed by atoms with E-state index in [9.17, 15) is 29.4 Å². The monoisotopic (exact) mass is 551 g/mol. The molecule has 0 aliphatic carbocycles. The molecule has 214 valence electrons. The molecule has 11 heteroatoms. The van der Waals surface area contributed by atoms with Crippen LogP contribution in [0.15, 0.2) is 54.7 Å². The molecule has 8 N–H and O–H groups in total. The predicted molar refractivity (Wildman–Crippen MR) is 150 cm³/mol. The standard InChI is InChI=1S/C29H37N5O6/c1-16(2)12-22(30)27(37)32-17(3)26(36)33-24(14-19-15-31-23-7-5-4-6-21(19)23)28(38)34-25(29(39)40)13-18-8-10-20(35)11-9-18/h4-11,15-17,22,24-25,31,35H,12-14,30H2,1-3H3,(H,32,37)(H,33,36)(H,34,38)(H,39,40). The first-order chi connectivity index (χ1) is 18.9. The molecule has 0 radical (unpaired) electrons. The number of aliphatic carboxylic acids is 1. The number of carbonyl (C=O) groups excluding carboxylic acids is 3. The molecule has 4 atom stereocenters. The fraction of sp³-hybridized carbons (Fsp3) is 0.379. The highest BCUT2D eigenvalue weighted by atomic mass is 16.4. The number of carboxylic acids is 1. The fourth-order valence-electron chi connectivity index (χ4n) is 4.37. The molecule has 0 fully saturated rings. The first kappa shape index (κ1) is 30.2. The lowest BCUT2D eigenvalue weighted by atomic mass is 10.0. The summed E-state index contributed by atoms with van der Waals surface area (Å²) in [6.07, 6.45) is 2.22. The van der Waals surface area contributed by atoms with Crippen molar-refractivity contribution in [3.05, 3.63) is 65.9 Å². The molecule has 0 bridgehead atoms. The van der Waals surface area contributed by atoms with Crippen LogP contribution < -0.4 is 21.7 Å². The summed E-state index contributed by atoms with van der Waals surface area (Å²) in [5.41, 5.74) is 8.12. The fourth-order valence-corrected chi connectivity index (χ4v) is 4.37. The normalized spacial score (nSPS) is 14.2. The maximum absolute atomic E-state index is 13.4. The lowest BCUT2D eigenvalue weighted by molar-refractivity contribution is -0.142. The number of amides is 3. The Balaban J connectivity index is 1.78. The Labute approximate surface area is 232 Å². The minimum atomic E-state index is -1.29. The Bertz CT molecular complexity index is 1340. The maximum atomic E-state index is 13.4. The Kier molecular flexibility index (Phi) is 10.3. The quantitative estimate of drug-likeness (QED) is 0.168. The van der Waals surface area contributed by atoms with E-state index in [0.29, 0.717) is 12.0 Å². The number of para-hydroxylation sites is 1. The maximum Gasteiger partial charge on any atom is 0.326 e. The van der Waals surface area contributed by atoms with Crippen LogP contribution in [-0.2, 0) is 32.0 Å². The summed E-state index contributed by atoms with van der Waals surface area (Å²) in [6, 6.07) is 9.26. The third-order valence-corrected chi connectivity index (χ3v) is 6.54. The van der Waals surface area contributed by atoms with Crippen molar-refractivity contribution in [2.75, 3.05) is 0 Å². The van der Waals surface area contributed by atoms with E-state index >= 15 is 0 Å². The van der Waals surface area contributed by atoms with Crippen molar-refractivity contribution in [3.63, 3.8) is 0 Å². The first-order valence-corrected chi connectivity index (χ1v) is 13.2. The Morgan fingerprint density at radius 1 is 0.850 bits per heavy atom. The number of aromatic amines is 1. The zero-order valence-corrected chi connectivity index (χ0v) is 22.8. The average molecular weight is 552 g/mol. The van der Waals surface area contributed by atoms with Gasteiger partial charge in [-0.15, -0.1) is 0 Å². The number of nitrogens with one attached hydrogen (secondary N) is 4. The second-order valence-electron chi connectivity index (χ2n) is 10.4. The lowest BCUT2D eigenvalue weighted by Gasteiger charge is -2.24. The SMILES string of the molecule is CC(C)CC(N)C(=O)NC(C)C(=O)NC(Cc1c[nH]c2ccccc12)C(=O)NC(Cc1ccc(O)cc1)C(=O)O. The van der Waals surface area contributed by atoms with Crippen LogP contribution >= 0.6 is 0 Å². The molecule has 1 aromatic heterocycles. The van der Waals surface area contributed by atoms with Gasteiger partial charge in [0.2, 0.25) is 17.7 Å². The van der Waals surface area contributed by atoms with Crippen molar-refractivity contribution in [1.29, 1.82) is 0 Å². The summed E-state index contributed by atoms with van der Waals surface area (Å²) in [5.74, 6) is -2.81. The number of aromatic nitrogens is 1.